The van der Waals surface area contributed by atoms with Crippen molar-refractivity contribution in [3.8, 4) is 0 Å². The highest BCUT2D eigenvalue weighted by Crippen LogP contribution is 2.22. The summed E-state index contributed by atoms with van der Waals surface area (Å²) in [5.41, 5.74) is 0. The van der Waals surface area contributed by atoms with Crippen LogP contribution >= 0.6 is 11.6 Å². The van der Waals surface area contributed by atoms with Crippen molar-refractivity contribution in [1.82, 2.24) is 10.0 Å². The lowest BCUT2D eigenvalue weighted by Crippen LogP contribution is -2.43. The molecule has 0 radical (unpaired) electrons. The van der Waals surface area contributed by atoms with Crippen LogP contribution in [0.3, 0.4) is 0 Å². The molecule has 1 fully saturated rings. The number of nitrogens with one attached hydrogen (secondary N) is 2. The molecule has 0 saturated carbocycles. The molecule has 2 rings (SSSR count). The molecule has 1 aliphatic rings. The minimum atomic E-state index is -3.77. The van der Waals surface area contributed by atoms with E-state index in [2.05, 4.69) is 10.0 Å². The van der Waals surface area contributed by atoms with E-state index in [1.165, 1.54) is 6.07 Å². The van der Waals surface area contributed by atoms with Crippen LogP contribution in [0.15, 0.2) is 23.1 Å². The van der Waals surface area contributed by atoms with Crippen LogP contribution in [-0.4, -0.2) is 27.5 Å². The Morgan fingerprint density at radius 1 is 1.42 bits per heavy atom. The van der Waals surface area contributed by atoms with Gasteiger partial charge < -0.3 is 5.32 Å². The summed E-state index contributed by atoms with van der Waals surface area (Å²) in [6, 6.07) is 3.42. The molecule has 1 atom stereocenters. The molecule has 1 aliphatic heterocycles. The van der Waals surface area contributed by atoms with Crippen molar-refractivity contribution in [3.63, 3.8) is 0 Å². The van der Waals surface area contributed by atoms with E-state index in [4.69, 9.17) is 11.6 Å². The average Bonchev–Trinajstić information content (AvgIpc) is 2.40. The Hall–Kier alpha value is -0.690. The zero-order valence-electron chi connectivity index (χ0n) is 10.3. The molecule has 0 unspecified atom stereocenters. The first-order valence-corrected chi connectivity index (χ1v) is 8.03. The second kappa shape index (κ2) is 6.17. The lowest BCUT2D eigenvalue weighted by molar-refractivity contribution is 0.398. The zero-order chi connectivity index (χ0) is 13.9. The van der Waals surface area contributed by atoms with Crippen LogP contribution in [0.4, 0.5) is 4.39 Å². The summed E-state index contributed by atoms with van der Waals surface area (Å²) in [4.78, 5) is -0.218. The van der Waals surface area contributed by atoms with E-state index in [0.29, 0.717) is 0 Å². The summed E-state index contributed by atoms with van der Waals surface area (Å²) in [6.07, 6.45) is 3.12. The van der Waals surface area contributed by atoms with Crippen LogP contribution < -0.4 is 10.0 Å². The third kappa shape index (κ3) is 3.89. The first-order chi connectivity index (χ1) is 8.99. The van der Waals surface area contributed by atoms with Crippen molar-refractivity contribution < 1.29 is 12.8 Å². The molecule has 1 saturated heterocycles. The average molecular weight is 307 g/mol. The Morgan fingerprint density at radius 2 is 2.21 bits per heavy atom. The lowest BCUT2D eigenvalue weighted by atomic mass is 10.1. The summed E-state index contributed by atoms with van der Waals surface area (Å²) < 4.78 is 39.7. The van der Waals surface area contributed by atoms with Crippen molar-refractivity contribution in [2.45, 2.75) is 30.2 Å². The normalized spacial score (nSPS) is 20.4. The molecule has 2 N–H and O–H groups in total. The molecule has 1 heterocycles. The minimum absolute atomic E-state index is 0.0190. The van der Waals surface area contributed by atoms with Gasteiger partial charge in [0, 0.05) is 12.6 Å². The van der Waals surface area contributed by atoms with E-state index in [1.54, 1.807) is 0 Å². The van der Waals surface area contributed by atoms with E-state index in [1.807, 2.05) is 0 Å². The topological polar surface area (TPSA) is 58.2 Å². The maximum absolute atomic E-state index is 13.1. The van der Waals surface area contributed by atoms with Crippen molar-refractivity contribution in [2.24, 2.45) is 0 Å². The number of rotatable bonds is 4. The maximum Gasteiger partial charge on any atom is 0.242 e. The monoisotopic (exact) mass is 306 g/mol. The van der Waals surface area contributed by atoms with Gasteiger partial charge in [-0.1, -0.05) is 18.0 Å². The van der Waals surface area contributed by atoms with E-state index in [0.717, 1.165) is 37.9 Å². The molecule has 0 bridgehead atoms. The Labute approximate surface area is 117 Å². The summed E-state index contributed by atoms with van der Waals surface area (Å²) in [6.45, 7) is 1.18. The molecule has 0 aromatic heterocycles. The van der Waals surface area contributed by atoms with Gasteiger partial charge in [-0.2, -0.15) is 0 Å². The van der Waals surface area contributed by atoms with Gasteiger partial charge in [-0.05, 0) is 37.6 Å². The van der Waals surface area contributed by atoms with Gasteiger partial charge in [0.2, 0.25) is 10.0 Å². The smallest absolute Gasteiger partial charge is 0.242 e. The van der Waals surface area contributed by atoms with Crippen molar-refractivity contribution in [3.05, 3.63) is 29.0 Å². The summed E-state index contributed by atoms with van der Waals surface area (Å²) >= 11 is 5.80. The van der Waals surface area contributed by atoms with Crippen molar-refractivity contribution >= 4 is 21.6 Å². The SMILES string of the molecule is O=S(=O)(NC[C@H]1CCCCN1)c1cc(F)ccc1Cl. The van der Waals surface area contributed by atoms with E-state index in [9.17, 15) is 12.8 Å². The van der Waals surface area contributed by atoms with Gasteiger partial charge in [0.25, 0.3) is 0 Å². The molecular formula is C12H16ClFN2O2S. The molecule has 106 valence electrons. The minimum Gasteiger partial charge on any atom is -0.313 e. The predicted octanol–water partition coefficient (Wildman–Crippen LogP) is 1.90. The highest BCUT2D eigenvalue weighted by atomic mass is 35.5. The predicted molar refractivity (Wildman–Crippen MR) is 72.2 cm³/mol. The van der Waals surface area contributed by atoms with Crippen LogP contribution in [0, 0.1) is 5.82 Å². The van der Waals surface area contributed by atoms with Crippen LogP contribution in [-0.2, 0) is 10.0 Å². The fraction of sp³-hybridized carbons (Fsp3) is 0.500. The molecule has 0 amide bonds. The van der Waals surface area contributed by atoms with Crippen molar-refractivity contribution in [2.75, 3.05) is 13.1 Å². The molecule has 0 aliphatic carbocycles. The largest absolute Gasteiger partial charge is 0.313 e. The van der Waals surface area contributed by atoms with Gasteiger partial charge in [0.1, 0.15) is 10.7 Å². The van der Waals surface area contributed by atoms with Crippen LogP contribution in [0.2, 0.25) is 5.02 Å². The van der Waals surface area contributed by atoms with Crippen LogP contribution in [0.1, 0.15) is 19.3 Å². The van der Waals surface area contributed by atoms with Crippen molar-refractivity contribution in [1.29, 1.82) is 0 Å². The first kappa shape index (κ1) is 14.7. The third-order valence-corrected chi connectivity index (χ3v) is 5.02. The number of sulfonamides is 1. The highest BCUT2D eigenvalue weighted by Gasteiger charge is 2.21. The van der Waals surface area contributed by atoms with E-state index >= 15 is 0 Å². The number of hydrogen-bond acceptors (Lipinski definition) is 3. The second-order valence-electron chi connectivity index (χ2n) is 4.57. The second-order valence-corrected chi connectivity index (χ2v) is 6.72. The molecule has 4 nitrogen and oxygen atoms in total. The molecule has 7 heteroatoms. The number of hydrogen-bond donors (Lipinski definition) is 2. The van der Waals surface area contributed by atoms with Gasteiger partial charge in [-0.25, -0.2) is 17.5 Å². The fourth-order valence-electron chi connectivity index (χ4n) is 2.07. The van der Waals surface area contributed by atoms with Gasteiger partial charge >= 0.3 is 0 Å². The molecule has 1 aromatic carbocycles. The first-order valence-electron chi connectivity index (χ1n) is 6.17. The Bertz CT molecular complexity index is 545. The Balaban J connectivity index is 2.07. The Morgan fingerprint density at radius 3 is 2.89 bits per heavy atom. The lowest BCUT2D eigenvalue weighted by Gasteiger charge is -2.23. The number of piperidine rings is 1. The third-order valence-electron chi connectivity index (χ3n) is 3.11. The summed E-state index contributed by atoms with van der Waals surface area (Å²) in [5, 5.41) is 3.25. The van der Waals surface area contributed by atoms with Gasteiger partial charge in [-0.3, -0.25) is 0 Å². The summed E-state index contributed by atoms with van der Waals surface area (Å²) in [7, 11) is -3.77. The zero-order valence-corrected chi connectivity index (χ0v) is 11.9. The van der Waals surface area contributed by atoms with E-state index in [-0.39, 0.29) is 22.5 Å². The quantitative estimate of drug-likeness (QED) is 0.893. The Kier molecular flexibility index (Phi) is 4.78. The van der Waals surface area contributed by atoms with Gasteiger partial charge in [0.15, 0.2) is 0 Å². The molecule has 0 spiro atoms. The van der Waals surface area contributed by atoms with Gasteiger partial charge in [-0.15, -0.1) is 0 Å². The standard InChI is InChI=1S/C12H16ClFN2O2S/c13-11-5-4-9(14)7-12(11)19(17,18)16-8-10-3-1-2-6-15-10/h4-5,7,10,15-16H,1-3,6,8H2/t10-/m1/s1. The number of halogens is 2. The van der Waals surface area contributed by atoms with Crippen LogP contribution in [0.25, 0.3) is 0 Å². The highest BCUT2D eigenvalue weighted by molar-refractivity contribution is 7.89. The maximum atomic E-state index is 13.1. The molecule has 1 aromatic rings. The van der Waals surface area contributed by atoms with Gasteiger partial charge in [0.05, 0.1) is 5.02 Å². The molecule has 19 heavy (non-hydrogen) atoms. The van der Waals surface area contributed by atoms with E-state index < -0.39 is 15.8 Å². The molecular weight excluding hydrogens is 291 g/mol. The fourth-order valence-corrected chi connectivity index (χ4v) is 3.66. The number of benzene rings is 1. The van der Waals surface area contributed by atoms with Crippen LogP contribution in [0.5, 0.6) is 0 Å². The summed E-state index contributed by atoms with van der Waals surface area (Å²) in [5.74, 6) is -0.624.